The van der Waals surface area contributed by atoms with E-state index in [1.807, 2.05) is 0 Å². The standard InChI is InChI=1S/C8H14FN/c1-5-7(10)6(2)8(3,4)9/h5H,2,10H2,1,3-4H3/b7-5+. The second-order valence-electron chi connectivity index (χ2n) is 2.70. The average molecular weight is 143 g/mol. The molecule has 2 N–H and O–H groups in total. The summed E-state index contributed by atoms with van der Waals surface area (Å²) < 4.78 is 13.0. The van der Waals surface area contributed by atoms with Gasteiger partial charge in [-0.3, -0.25) is 0 Å². The number of hydrogen-bond acceptors (Lipinski definition) is 1. The highest BCUT2D eigenvalue weighted by atomic mass is 19.1. The number of rotatable bonds is 2. The minimum Gasteiger partial charge on any atom is -0.399 e. The fourth-order valence-corrected chi connectivity index (χ4v) is 0.517. The van der Waals surface area contributed by atoms with Crippen molar-refractivity contribution in [2.45, 2.75) is 26.4 Å². The molecule has 0 aromatic rings. The van der Waals surface area contributed by atoms with E-state index in [1.165, 1.54) is 13.8 Å². The molecule has 0 aromatic carbocycles. The van der Waals surface area contributed by atoms with Crippen molar-refractivity contribution < 1.29 is 4.39 Å². The van der Waals surface area contributed by atoms with Crippen LogP contribution in [-0.4, -0.2) is 5.67 Å². The van der Waals surface area contributed by atoms with Crippen molar-refractivity contribution >= 4 is 0 Å². The summed E-state index contributed by atoms with van der Waals surface area (Å²) in [6, 6.07) is 0. The van der Waals surface area contributed by atoms with E-state index in [9.17, 15) is 4.39 Å². The second kappa shape index (κ2) is 2.86. The number of alkyl halides is 1. The number of hydrogen-bond donors (Lipinski definition) is 1. The van der Waals surface area contributed by atoms with Gasteiger partial charge in [0.25, 0.3) is 0 Å². The van der Waals surface area contributed by atoms with Crippen LogP contribution in [0.3, 0.4) is 0 Å². The van der Waals surface area contributed by atoms with E-state index in [0.717, 1.165) is 0 Å². The SMILES string of the molecule is C=C(/C(N)=C\C)C(C)(C)F. The van der Waals surface area contributed by atoms with E-state index >= 15 is 0 Å². The molecule has 0 aliphatic rings. The van der Waals surface area contributed by atoms with E-state index in [4.69, 9.17) is 5.73 Å². The van der Waals surface area contributed by atoms with Crippen LogP contribution in [-0.2, 0) is 0 Å². The summed E-state index contributed by atoms with van der Waals surface area (Å²) in [6.07, 6.45) is 1.64. The van der Waals surface area contributed by atoms with Crippen LogP contribution in [0.15, 0.2) is 23.9 Å². The molecule has 0 rings (SSSR count). The van der Waals surface area contributed by atoms with Crippen molar-refractivity contribution in [3.63, 3.8) is 0 Å². The maximum Gasteiger partial charge on any atom is 0.131 e. The molecule has 0 aromatic heterocycles. The highest BCUT2D eigenvalue weighted by molar-refractivity contribution is 5.31. The lowest BCUT2D eigenvalue weighted by Crippen LogP contribution is -2.19. The Hall–Kier alpha value is -0.790. The molecule has 0 atom stereocenters. The van der Waals surface area contributed by atoms with E-state index in [-0.39, 0.29) is 0 Å². The van der Waals surface area contributed by atoms with E-state index in [2.05, 4.69) is 6.58 Å². The van der Waals surface area contributed by atoms with Gasteiger partial charge in [0.15, 0.2) is 0 Å². The van der Waals surface area contributed by atoms with Crippen molar-refractivity contribution in [1.82, 2.24) is 0 Å². The summed E-state index contributed by atoms with van der Waals surface area (Å²) in [7, 11) is 0. The predicted molar refractivity (Wildman–Crippen MR) is 42.3 cm³/mol. The predicted octanol–water partition coefficient (Wildman–Crippen LogP) is 2.15. The third-order valence-electron chi connectivity index (χ3n) is 1.38. The molecule has 0 saturated heterocycles. The quantitative estimate of drug-likeness (QED) is 0.589. The Balaban J connectivity index is 4.39. The monoisotopic (exact) mass is 143 g/mol. The first-order valence-corrected chi connectivity index (χ1v) is 3.20. The summed E-state index contributed by atoms with van der Waals surface area (Å²) in [5.41, 5.74) is 4.78. The van der Waals surface area contributed by atoms with Gasteiger partial charge in [-0.15, -0.1) is 0 Å². The van der Waals surface area contributed by atoms with Crippen molar-refractivity contribution in [2.75, 3.05) is 0 Å². The molecule has 10 heavy (non-hydrogen) atoms. The maximum absolute atomic E-state index is 13.0. The molecule has 0 amide bonds. The molecule has 0 saturated carbocycles. The van der Waals surface area contributed by atoms with Crippen LogP contribution in [0.5, 0.6) is 0 Å². The third-order valence-corrected chi connectivity index (χ3v) is 1.38. The summed E-state index contributed by atoms with van der Waals surface area (Å²) in [4.78, 5) is 0. The summed E-state index contributed by atoms with van der Waals surface area (Å²) >= 11 is 0. The minimum atomic E-state index is -1.41. The molecule has 0 fully saturated rings. The first-order valence-electron chi connectivity index (χ1n) is 3.20. The molecule has 0 aliphatic heterocycles. The molecule has 2 heteroatoms. The van der Waals surface area contributed by atoms with Gasteiger partial charge in [0.1, 0.15) is 5.67 Å². The zero-order valence-electron chi connectivity index (χ0n) is 6.74. The lowest BCUT2D eigenvalue weighted by molar-refractivity contribution is 0.272. The maximum atomic E-state index is 13.0. The molecule has 0 spiro atoms. The Morgan fingerprint density at radius 1 is 1.60 bits per heavy atom. The fourth-order valence-electron chi connectivity index (χ4n) is 0.517. The lowest BCUT2D eigenvalue weighted by atomic mass is 9.99. The van der Waals surface area contributed by atoms with Gasteiger partial charge < -0.3 is 5.73 Å². The molecular weight excluding hydrogens is 129 g/mol. The summed E-state index contributed by atoms with van der Waals surface area (Å²) in [5.74, 6) is 0. The highest BCUT2D eigenvalue weighted by Gasteiger charge is 2.20. The molecule has 0 bridgehead atoms. The van der Waals surface area contributed by atoms with E-state index < -0.39 is 5.67 Å². The van der Waals surface area contributed by atoms with Crippen LogP contribution in [0.1, 0.15) is 20.8 Å². The van der Waals surface area contributed by atoms with Gasteiger partial charge in [0.2, 0.25) is 0 Å². The number of halogens is 1. The van der Waals surface area contributed by atoms with Crippen LogP contribution in [0.4, 0.5) is 4.39 Å². The minimum absolute atomic E-state index is 0.343. The zero-order valence-corrected chi connectivity index (χ0v) is 6.74. The summed E-state index contributed by atoms with van der Waals surface area (Å²) in [5, 5.41) is 0. The van der Waals surface area contributed by atoms with Crippen LogP contribution in [0.25, 0.3) is 0 Å². The van der Waals surface area contributed by atoms with Crippen molar-refractivity contribution in [3.8, 4) is 0 Å². The van der Waals surface area contributed by atoms with Crippen molar-refractivity contribution in [2.24, 2.45) is 5.73 Å². The number of allylic oxidation sites excluding steroid dienone is 2. The van der Waals surface area contributed by atoms with Crippen LogP contribution in [0.2, 0.25) is 0 Å². The number of nitrogens with two attached hydrogens (primary N) is 1. The van der Waals surface area contributed by atoms with Gasteiger partial charge in [-0.25, -0.2) is 4.39 Å². The molecule has 0 radical (unpaired) electrons. The molecule has 58 valence electrons. The van der Waals surface area contributed by atoms with Crippen LogP contribution in [0, 0.1) is 0 Å². The van der Waals surface area contributed by atoms with Gasteiger partial charge in [-0.1, -0.05) is 12.7 Å². The molecule has 1 nitrogen and oxygen atoms in total. The molecule has 0 unspecified atom stereocenters. The van der Waals surface area contributed by atoms with Gasteiger partial charge in [0.05, 0.1) is 0 Å². The van der Waals surface area contributed by atoms with E-state index in [0.29, 0.717) is 11.3 Å². The Morgan fingerprint density at radius 3 is 2.10 bits per heavy atom. The lowest BCUT2D eigenvalue weighted by Gasteiger charge is -2.17. The van der Waals surface area contributed by atoms with Crippen LogP contribution >= 0.6 is 0 Å². The summed E-state index contributed by atoms with van der Waals surface area (Å²) in [6.45, 7) is 8.16. The van der Waals surface area contributed by atoms with Crippen molar-refractivity contribution in [3.05, 3.63) is 23.9 Å². The Bertz CT molecular complexity index is 163. The first-order chi connectivity index (χ1) is 4.39. The first kappa shape index (κ1) is 9.21. The third kappa shape index (κ3) is 2.21. The largest absolute Gasteiger partial charge is 0.399 e. The van der Waals surface area contributed by atoms with Gasteiger partial charge in [-0.05, 0) is 20.8 Å². The Kier molecular flexibility index (Phi) is 2.64. The van der Waals surface area contributed by atoms with Gasteiger partial charge in [-0.2, -0.15) is 0 Å². The van der Waals surface area contributed by atoms with Gasteiger partial charge in [0, 0.05) is 11.3 Å². The molecule has 0 aliphatic carbocycles. The fraction of sp³-hybridized carbons (Fsp3) is 0.500. The zero-order chi connectivity index (χ0) is 8.36. The Morgan fingerprint density at radius 2 is 2.00 bits per heavy atom. The molecular formula is C8H14FN. The van der Waals surface area contributed by atoms with Crippen molar-refractivity contribution in [1.29, 1.82) is 0 Å². The topological polar surface area (TPSA) is 26.0 Å². The van der Waals surface area contributed by atoms with Crippen LogP contribution < -0.4 is 5.73 Å². The highest BCUT2D eigenvalue weighted by Crippen LogP contribution is 2.22. The molecule has 0 heterocycles. The second-order valence-corrected chi connectivity index (χ2v) is 2.70. The smallest absolute Gasteiger partial charge is 0.131 e. The van der Waals surface area contributed by atoms with E-state index in [1.54, 1.807) is 13.0 Å². The Labute approximate surface area is 61.4 Å². The normalized spacial score (nSPS) is 13.4. The van der Waals surface area contributed by atoms with Gasteiger partial charge >= 0.3 is 0 Å². The average Bonchev–Trinajstić information content (AvgIpc) is 1.83.